The van der Waals surface area contributed by atoms with Crippen LogP contribution in [0.4, 0.5) is 28.9 Å². The molecule has 1 heterocycles. The topological polar surface area (TPSA) is 84.2 Å². The Morgan fingerprint density at radius 2 is 1.81 bits per heavy atom. The fourth-order valence-electron chi connectivity index (χ4n) is 3.78. The minimum absolute atomic E-state index is 0.148. The monoisotopic (exact) mass is 443 g/mol. The van der Waals surface area contributed by atoms with Crippen molar-refractivity contribution < 1.29 is 27.2 Å². The second kappa shape index (κ2) is 7.67. The molecule has 0 aliphatic carbocycles. The summed E-state index contributed by atoms with van der Waals surface area (Å²) >= 11 is 0. The van der Waals surface area contributed by atoms with Crippen LogP contribution < -0.4 is 16.4 Å². The number of nitrogens with two attached hydrogens (primary N) is 1. The molecular formula is C23H17F4N3O2. The lowest BCUT2D eigenvalue weighted by Gasteiger charge is -2.19. The number of benzene rings is 3. The van der Waals surface area contributed by atoms with Crippen LogP contribution in [0.5, 0.6) is 0 Å². The molecule has 9 heteroatoms. The van der Waals surface area contributed by atoms with Gasteiger partial charge >= 0.3 is 6.18 Å². The highest BCUT2D eigenvalue weighted by molar-refractivity contribution is 6.08. The molecule has 2 amide bonds. The van der Waals surface area contributed by atoms with E-state index in [0.29, 0.717) is 23.8 Å². The zero-order valence-corrected chi connectivity index (χ0v) is 16.7. The van der Waals surface area contributed by atoms with E-state index in [9.17, 15) is 27.2 Å². The third-order valence-electron chi connectivity index (χ3n) is 5.25. The molecule has 0 saturated heterocycles. The maximum absolute atomic E-state index is 13.8. The van der Waals surface area contributed by atoms with E-state index in [2.05, 4.69) is 10.6 Å². The van der Waals surface area contributed by atoms with Gasteiger partial charge in [-0.05, 0) is 48.4 Å². The second-order valence-corrected chi connectivity index (χ2v) is 7.47. The fraction of sp³-hybridized carbons (Fsp3) is 0.130. The van der Waals surface area contributed by atoms with Crippen LogP contribution in [0.3, 0.4) is 0 Å². The van der Waals surface area contributed by atoms with Gasteiger partial charge in [-0.15, -0.1) is 0 Å². The molecule has 0 aromatic heterocycles. The van der Waals surface area contributed by atoms with Gasteiger partial charge in [-0.25, -0.2) is 4.39 Å². The molecule has 0 radical (unpaired) electrons. The van der Waals surface area contributed by atoms with Crippen LogP contribution in [0.1, 0.15) is 49.0 Å². The SMILES string of the molecule is Cc1ccccc1[C@@H]1NC(=O)c2cc(N)cc(NC(=O)c3cc(F)cc(C(F)(F)F)c3)c21. The number of aryl methyl sites for hydroxylation is 1. The van der Waals surface area contributed by atoms with Crippen LogP contribution in [0.25, 0.3) is 0 Å². The Morgan fingerprint density at radius 3 is 2.50 bits per heavy atom. The number of alkyl halides is 3. The van der Waals surface area contributed by atoms with E-state index < -0.39 is 41.0 Å². The molecule has 0 fully saturated rings. The van der Waals surface area contributed by atoms with E-state index in [4.69, 9.17) is 5.73 Å². The minimum atomic E-state index is -4.82. The van der Waals surface area contributed by atoms with E-state index in [1.54, 1.807) is 6.07 Å². The lowest BCUT2D eigenvalue weighted by molar-refractivity contribution is -0.137. The smallest absolute Gasteiger partial charge is 0.399 e. The van der Waals surface area contributed by atoms with Gasteiger partial charge in [-0.2, -0.15) is 13.2 Å². The Balaban J connectivity index is 1.77. The molecule has 0 saturated carbocycles. The number of rotatable bonds is 3. The van der Waals surface area contributed by atoms with E-state index in [1.807, 2.05) is 25.1 Å². The van der Waals surface area contributed by atoms with Crippen molar-refractivity contribution in [3.63, 3.8) is 0 Å². The van der Waals surface area contributed by atoms with Gasteiger partial charge in [0, 0.05) is 28.1 Å². The molecule has 3 aromatic rings. The molecule has 4 N–H and O–H groups in total. The third kappa shape index (κ3) is 3.89. The fourth-order valence-corrected chi connectivity index (χ4v) is 3.78. The number of hydrogen-bond donors (Lipinski definition) is 3. The lowest BCUT2D eigenvalue weighted by atomic mass is 9.93. The van der Waals surface area contributed by atoms with Gasteiger partial charge in [0.2, 0.25) is 0 Å². The van der Waals surface area contributed by atoms with E-state index in [-0.39, 0.29) is 16.9 Å². The van der Waals surface area contributed by atoms with Crippen molar-refractivity contribution in [2.24, 2.45) is 0 Å². The van der Waals surface area contributed by atoms with Crippen molar-refractivity contribution in [1.82, 2.24) is 5.32 Å². The summed E-state index contributed by atoms with van der Waals surface area (Å²) in [5, 5.41) is 5.34. The number of amides is 2. The number of nitrogen functional groups attached to an aromatic ring is 1. The zero-order chi connectivity index (χ0) is 23.2. The average Bonchev–Trinajstić information content (AvgIpc) is 3.03. The minimum Gasteiger partial charge on any atom is -0.399 e. The number of halogens is 4. The number of fused-ring (bicyclic) bond motifs is 1. The first-order valence-electron chi connectivity index (χ1n) is 9.53. The second-order valence-electron chi connectivity index (χ2n) is 7.47. The summed E-state index contributed by atoms with van der Waals surface area (Å²) in [6.45, 7) is 1.86. The number of carbonyl (C=O) groups excluding carboxylic acids is 2. The molecule has 1 atom stereocenters. The summed E-state index contributed by atoms with van der Waals surface area (Å²) in [7, 11) is 0. The highest BCUT2D eigenvalue weighted by atomic mass is 19.4. The molecular weight excluding hydrogens is 426 g/mol. The van der Waals surface area contributed by atoms with Gasteiger partial charge in [0.1, 0.15) is 5.82 Å². The van der Waals surface area contributed by atoms with Crippen LogP contribution in [0, 0.1) is 12.7 Å². The highest BCUT2D eigenvalue weighted by Crippen LogP contribution is 2.39. The Morgan fingerprint density at radius 1 is 1.09 bits per heavy atom. The van der Waals surface area contributed by atoms with Crippen molar-refractivity contribution in [3.8, 4) is 0 Å². The predicted octanol–water partition coefficient (Wildman–Crippen LogP) is 4.82. The van der Waals surface area contributed by atoms with Crippen molar-refractivity contribution in [3.05, 3.63) is 93.8 Å². The largest absolute Gasteiger partial charge is 0.416 e. The molecule has 1 aliphatic rings. The van der Waals surface area contributed by atoms with E-state index in [0.717, 1.165) is 11.1 Å². The number of hydrogen-bond acceptors (Lipinski definition) is 3. The van der Waals surface area contributed by atoms with Crippen LogP contribution in [-0.2, 0) is 6.18 Å². The van der Waals surface area contributed by atoms with Gasteiger partial charge < -0.3 is 16.4 Å². The van der Waals surface area contributed by atoms with Crippen molar-refractivity contribution >= 4 is 23.2 Å². The molecule has 164 valence electrons. The van der Waals surface area contributed by atoms with Crippen LogP contribution in [0.2, 0.25) is 0 Å². The summed E-state index contributed by atoms with van der Waals surface area (Å²) < 4.78 is 52.9. The van der Waals surface area contributed by atoms with Gasteiger partial charge in [0.15, 0.2) is 0 Å². The molecule has 5 nitrogen and oxygen atoms in total. The summed E-state index contributed by atoms with van der Waals surface area (Å²) in [6.07, 6.45) is -4.82. The van der Waals surface area contributed by atoms with Crippen molar-refractivity contribution in [2.75, 3.05) is 11.1 Å². The standard InChI is InChI=1S/C23H17F4N3O2/c1-11-4-2-3-5-16(11)20-19-17(22(32)30-20)9-15(28)10-18(19)29-21(31)12-6-13(23(25,26)27)8-14(24)7-12/h2-10,20H,28H2,1H3,(H,29,31)(H,30,32)/t20-/m0/s1. The Hall–Kier alpha value is -3.88. The summed E-state index contributed by atoms with van der Waals surface area (Å²) in [6, 6.07) is 11.2. The first kappa shape index (κ1) is 21.4. The van der Waals surface area contributed by atoms with E-state index in [1.165, 1.54) is 12.1 Å². The summed E-state index contributed by atoms with van der Waals surface area (Å²) in [5.41, 5.74) is 6.75. The molecule has 0 bridgehead atoms. The van der Waals surface area contributed by atoms with Crippen molar-refractivity contribution in [1.29, 1.82) is 0 Å². The third-order valence-corrected chi connectivity index (χ3v) is 5.25. The lowest BCUT2D eigenvalue weighted by Crippen LogP contribution is -2.21. The molecule has 32 heavy (non-hydrogen) atoms. The highest BCUT2D eigenvalue weighted by Gasteiger charge is 2.35. The first-order chi connectivity index (χ1) is 15.0. The Bertz CT molecular complexity index is 1250. The summed E-state index contributed by atoms with van der Waals surface area (Å²) in [5.74, 6) is -2.57. The summed E-state index contributed by atoms with van der Waals surface area (Å²) in [4.78, 5) is 25.3. The van der Waals surface area contributed by atoms with Crippen LogP contribution in [0.15, 0.2) is 54.6 Å². The molecule has 4 rings (SSSR count). The number of nitrogens with one attached hydrogen (secondary N) is 2. The van der Waals surface area contributed by atoms with Crippen molar-refractivity contribution in [2.45, 2.75) is 19.1 Å². The quantitative estimate of drug-likeness (QED) is 0.401. The normalized spacial score (nSPS) is 15.3. The zero-order valence-electron chi connectivity index (χ0n) is 16.7. The maximum Gasteiger partial charge on any atom is 0.416 e. The Kier molecular flexibility index (Phi) is 5.12. The average molecular weight is 443 g/mol. The molecule has 0 spiro atoms. The maximum atomic E-state index is 13.8. The van der Waals surface area contributed by atoms with Gasteiger partial charge in [-0.1, -0.05) is 24.3 Å². The van der Waals surface area contributed by atoms with Crippen LogP contribution in [-0.4, -0.2) is 11.8 Å². The molecule has 1 aliphatic heterocycles. The van der Waals surface area contributed by atoms with Gasteiger partial charge in [0.25, 0.3) is 11.8 Å². The number of anilines is 2. The first-order valence-corrected chi connectivity index (χ1v) is 9.53. The van der Waals surface area contributed by atoms with E-state index >= 15 is 0 Å². The van der Waals surface area contributed by atoms with Crippen LogP contribution >= 0.6 is 0 Å². The molecule has 0 unspecified atom stereocenters. The molecule has 3 aromatic carbocycles. The predicted molar refractivity (Wildman–Crippen MR) is 111 cm³/mol. The number of carbonyl (C=O) groups is 2. The van der Waals surface area contributed by atoms with Gasteiger partial charge in [-0.3, -0.25) is 9.59 Å². The Labute approximate surface area is 180 Å². The van der Waals surface area contributed by atoms with Gasteiger partial charge in [0.05, 0.1) is 11.6 Å².